The fraction of sp³-hybridized carbons (Fsp3) is 0.846. The summed E-state index contributed by atoms with van der Waals surface area (Å²) in [4.78, 5) is 26.4. The first-order chi connectivity index (χ1) is 8.81. The minimum Gasteiger partial charge on any atom is -0.481 e. The van der Waals surface area contributed by atoms with E-state index in [1.54, 1.807) is 11.8 Å². The van der Waals surface area contributed by atoms with Gasteiger partial charge in [0.1, 0.15) is 0 Å². The molecule has 1 fully saturated rings. The van der Waals surface area contributed by atoms with Gasteiger partial charge < -0.3 is 20.2 Å². The van der Waals surface area contributed by atoms with E-state index in [0.29, 0.717) is 13.1 Å². The summed E-state index contributed by atoms with van der Waals surface area (Å²) >= 11 is 0. The summed E-state index contributed by atoms with van der Waals surface area (Å²) in [5.74, 6) is -1.08. The van der Waals surface area contributed by atoms with Crippen molar-refractivity contribution >= 4 is 12.0 Å². The van der Waals surface area contributed by atoms with E-state index in [-0.39, 0.29) is 23.9 Å². The highest BCUT2D eigenvalue weighted by molar-refractivity contribution is 5.76. The van der Waals surface area contributed by atoms with Crippen LogP contribution in [-0.4, -0.2) is 66.7 Å². The van der Waals surface area contributed by atoms with Gasteiger partial charge in [-0.3, -0.25) is 4.79 Å². The maximum Gasteiger partial charge on any atom is 0.317 e. The van der Waals surface area contributed by atoms with Crippen molar-refractivity contribution in [2.45, 2.75) is 26.3 Å². The zero-order valence-electron chi connectivity index (χ0n) is 12.2. The predicted molar refractivity (Wildman–Crippen MR) is 73.0 cm³/mol. The summed E-state index contributed by atoms with van der Waals surface area (Å²) < 4.78 is 0. The van der Waals surface area contributed by atoms with Gasteiger partial charge in [0, 0.05) is 25.0 Å². The van der Waals surface area contributed by atoms with Crippen LogP contribution in [0, 0.1) is 11.8 Å². The number of nitrogens with one attached hydrogen (secondary N) is 1. The van der Waals surface area contributed by atoms with Crippen molar-refractivity contribution in [2.24, 2.45) is 11.8 Å². The van der Waals surface area contributed by atoms with Crippen molar-refractivity contribution in [1.29, 1.82) is 0 Å². The third kappa shape index (κ3) is 4.70. The summed E-state index contributed by atoms with van der Waals surface area (Å²) in [6, 6.07) is 0.0472. The average molecular weight is 271 g/mol. The molecule has 1 heterocycles. The van der Waals surface area contributed by atoms with Crippen molar-refractivity contribution in [3.63, 3.8) is 0 Å². The molecule has 6 nitrogen and oxygen atoms in total. The molecule has 19 heavy (non-hydrogen) atoms. The highest BCUT2D eigenvalue weighted by Gasteiger charge is 2.37. The Hall–Kier alpha value is -1.30. The number of rotatable bonds is 6. The van der Waals surface area contributed by atoms with E-state index >= 15 is 0 Å². The molecule has 0 aliphatic carbocycles. The molecule has 2 N–H and O–H groups in total. The second-order valence-electron chi connectivity index (χ2n) is 5.73. The minimum absolute atomic E-state index is 0.0832. The molecule has 0 bridgehead atoms. The Morgan fingerprint density at radius 2 is 1.95 bits per heavy atom. The molecule has 6 heteroatoms. The molecule has 0 aromatic heterocycles. The number of urea groups is 1. The number of hydrogen-bond donors (Lipinski definition) is 2. The van der Waals surface area contributed by atoms with Crippen LogP contribution in [0.25, 0.3) is 0 Å². The van der Waals surface area contributed by atoms with Gasteiger partial charge in [0.25, 0.3) is 0 Å². The van der Waals surface area contributed by atoms with Crippen LogP contribution in [-0.2, 0) is 4.79 Å². The Morgan fingerprint density at radius 3 is 2.42 bits per heavy atom. The zero-order chi connectivity index (χ0) is 14.6. The molecule has 2 unspecified atom stereocenters. The van der Waals surface area contributed by atoms with E-state index in [9.17, 15) is 9.59 Å². The average Bonchev–Trinajstić information content (AvgIpc) is 2.23. The smallest absolute Gasteiger partial charge is 0.317 e. The SMILES string of the molecule is CC(CCN(C)C)NC(=O)N1CC(C(C)C(=O)O)C1. The maximum absolute atomic E-state index is 11.9. The Balaban J connectivity index is 2.24. The van der Waals surface area contributed by atoms with E-state index < -0.39 is 5.97 Å². The number of likely N-dealkylation sites (tertiary alicyclic amines) is 1. The Morgan fingerprint density at radius 1 is 1.37 bits per heavy atom. The lowest BCUT2D eigenvalue weighted by molar-refractivity contribution is -0.144. The highest BCUT2D eigenvalue weighted by Crippen LogP contribution is 2.23. The Labute approximate surface area is 114 Å². The highest BCUT2D eigenvalue weighted by atomic mass is 16.4. The van der Waals surface area contributed by atoms with Gasteiger partial charge in [-0.1, -0.05) is 6.92 Å². The van der Waals surface area contributed by atoms with Gasteiger partial charge in [-0.25, -0.2) is 4.79 Å². The van der Waals surface area contributed by atoms with Crippen LogP contribution in [0.1, 0.15) is 20.3 Å². The van der Waals surface area contributed by atoms with Crippen molar-refractivity contribution < 1.29 is 14.7 Å². The third-order valence-electron chi connectivity index (χ3n) is 3.67. The van der Waals surface area contributed by atoms with Crippen LogP contribution in [0.4, 0.5) is 4.79 Å². The van der Waals surface area contributed by atoms with E-state index in [0.717, 1.165) is 13.0 Å². The van der Waals surface area contributed by atoms with Crippen molar-refractivity contribution in [1.82, 2.24) is 15.1 Å². The summed E-state index contributed by atoms with van der Waals surface area (Å²) in [6.45, 7) is 5.69. The first-order valence-corrected chi connectivity index (χ1v) is 6.74. The number of carboxylic acid groups (broad SMARTS) is 1. The van der Waals surface area contributed by atoms with Gasteiger partial charge in [0.05, 0.1) is 5.92 Å². The van der Waals surface area contributed by atoms with Gasteiger partial charge in [-0.15, -0.1) is 0 Å². The predicted octanol–water partition coefficient (Wildman–Crippen LogP) is 0.689. The van der Waals surface area contributed by atoms with Gasteiger partial charge in [0.15, 0.2) is 0 Å². The summed E-state index contributed by atoms with van der Waals surface area (Å²) in [6.07, 6.45) is 0.904. The van der Waals surface area contributed by atoms with Crippen molar-refractivity contribution in [2.75, 3.05) is 33.7 Å². The van der Waals surface area contributed by atoms with Crippen LogP contribution in [0.2, 0.25) is 0 Å². The van der Waals surface area contributed by atoms with E-state index in [1.807, 2.05) is 21.0 Å². The number of aliphatic carboxylic acids is 1. The number of amides is 2. The van der Waals surface area contributed by atoms with Crippen molar-refractivity contribution in [3.05, 3.63) is 0 Å². The lowest BCUT2D eigenvalue weighted by Crippen LogP contribution is -2.57. The monoisotopic (exact) mass is 271 g/mol. The fourth-order valence-electron chi connectivity index (χ4n) is 2.02. The number of carbonyl (C=O) groups excluding carboxylic acids is 1. The van der Waals surface area contributed by atoms with Gasteiger partial charge >= 0.3 is 12.0 Å². The summed E-state index contributed by atoms with van der Waals surface area (Å²) in [7, 11) is 4.00. The number of nitrogens with zero attached hydrogens (tertiary/aromatic N) is 2. The molecule has 0 aromatic carbocycles. The summed E-state index contributed by atoms with van der Waals surface area (Å²) in [5, 5.41) is 11.8. The van der Waals surface area contributed by atoms with Crippen LogP contribution in [0.15, 0.2) is 0 Å². The van der Waals surface area contributed by atoms with Crippen LogP contribution in [0.3, 0.4) is 0 Å². The Bertz CT molecular complexity index is 327. The van der Waals surface area contributed by atoms with Crippen LogP contribution in [0.5, 0.6) is 0 Å². The molecule has 0 aromatic rings. The molecule has 0 radical (unpaired) electrons. The second kappa shape index (κ2) is 6.75. The first kappa shape index (κ1) is 15.8. The minimum atomic E-state index is -0.788. The van der Waals surface area contributed by atoms with Crippen LogP contribution >= 0.6 is 0 Å². The number of carboxylic acids is 1. The molecule has 1 aliphatic rings. The molecule has 2 atom stereocenters. The molecule has 0 spiro atoms. The molecule has 1 aliphatic heterocycles. The second-order valence-corrected chi connectivity index (χ2v) is 5.73. The lowest BCUT2D eigenvalue weighted by Gasteiger charge is -2.41. The van der Waals surface area contributed by atoms with E-state index in [1.165, 1.54) is 0 Å². The van der Waals surface area contributed by atoms with E-state index in [2.05, 4.69) is 10.2 Å². The normalized spacial score (nSPS) is 18.9. The number of hydrogen-bond acceptors (Lipinski definition) is 3. The maximum atomic E-state index is 11.9. The van der Waals surface area contributed by atoms with Gasteiger partial charge in [-0.05, 0) is 34.0 Å². The quantitative estimate of drug-likeness (QED) is 0.745. The van der Waals surface area contributed by atoms with Gasteiger partial charge in [0.2, 0.25) is 0 Å². The van der Waals surface area contributed by atoms with Crippen molar-refractivity contribution in [3.8, 4) is 0 Å². The molecule has 0 saturated carbocycles. The molecule has 1 saturated heterocycles. The topological polar surface area (TPSA) is 72.9 Å². The molecular weight excluding hydrogens is 246 g/mol. The molecule has 2 amide bonds. The largest absolute Gasteiger partial charge is 0.481 e. The lowest BCUT2D eigenvalue weighted by atomic mass is 9.87. The third-order valence-corrected chi connectivity index (χ3v) is 3.67. The zero-order valence-corrected chi connectivity index (χ0v) is 12.2. The summed E-state index contributed by atoms with van der Waals surface area (Å²) in [5.41, 5.74) is 0. The molecule has 110 valence electrons. The number of carbonyl (C=O) groups is 2. The van der Waals surface area contributed by atoms with Crippen LogP contribution < -0.4 is 5.32 Å². The van der Waals surface area contributed by atoms with Gasteiger partial charge in [-0.2, -0.15) is 0 Å². The first-order valence-electron chi connectivity index (χ1n) is 6.74. The van der Waals surface area contributed by atoms with E-state index in [4.69, 9.17) is 5.11 Å². The standard InChI is InChI=1S/C13H25N3O3/c1-9(5-6-15(3)4)14-13(19)16-7-11(8-16)10(2)12(17)18/h9-11H,5-8H2,1-4H3,(H,14,19)(H,17,18). The fourth-order valence-corrected chi connectivity index (χ4v) is 2.02. The molecular formula is C13H25N3O3. The Kier molecular flexibility index (Phi) is 5.60. The molecule has 1 rings (SSSR count).